The Morgan fingerprint density at radius 3 is 2.52 bits per heavy atom. The first kappa shape index (κ1) is 20.8. The largest absolute Gasteiger partial charge is 0.497 e. The first-order chi connectivity index (χ1) is 14.0. The summed E-state index contributed by atoms with van der Waals surface area (Å²) in [6, 6.07) is 16.6. The molecule has 0 saturated carbocycles. The van der Waals surface area contributed by atoms with Crippen LogP contribution in [-0.2, 0) is 16.1 Å². The lowest BCUT2D eigenvalue weighted by molar-refractivity contribution is -0.143. The van der Waals surface area contributed by atoms with Crippen LogP contribution in [0.25, 0.3) is 0 Å². The van der Waals surface area contributed by atoms with E-state index in [0.29, 0.717) is 16.4 Å². The van der Waals surface area contributed by atoms with Gasteiger partial charge in [-0.3, -0.25) is 9.59 Å². The molecule has 0 bridgehead atoms. The van der Waals surface area contributed by atoms with Crippen molar-refractivity contribution in [2.45, 2.75) is 23.7 Å². The van der Waals surface area contributed by atoms with Gasteiger partial charge in [-0.05, 0) is 43.3 Å². The molecule has 0 aliphatic rings. The van der Waals surface area contributed by atoms with E-state index in [-0.39, 0.29) is 28.7 Å². The fraction of sp³-hybridized carbons (Fsp3) is 0.200. The number of anilines is 1. The number of ether oxygens (including phenoxy) is 2. The van der Waals surface area contributed by atoms with Crippen molar-refractivity contribution in [1.29, 1.82) is 0 Å². The SMILES string of the molecule is COc1ccc(NC(=O)c2nnc(COC(=O)C(C)Sc3ccccc3)s2)cc1. The molecular formula is C20H19N3O4S2. The summed E-state index contributed by atoms with van der Waals surface area (Å²) in [5.74, 6) is -0.0285. The normalized spacial score (nSPS) is 11.5. The maximum atomic E-state index is 12.3. The summed E-state index contributed by atoms with van der Waals surface area (Å²) in [4.78, 5) is 25.5. The summed E-state index contributed by atoms with van der Waals surface area (Å²) in [6.45, 7) is 1.76. The van der Waals surface area contributed by atoms with E-state index < -0.39 is 0 Å². The lowest BCUT2D eigenvalue weighted by Crippen LogP contribution is -2.16. The fourth-order valence-electron chi connectivity index (χ4n) is 2.26. The molecule has 0 spiro atoms. The molecule has 1 N–H and O–H groups in total. The van der Waals surface area contributed by atoms with E-state index in [1.54, 1.807) is 38.3 Å². The molecule has 29 heavy (non-hydrogen) atoms. The average Bonchev–Trinajstić information content (AvgIpc) is 3.22. The molecule has 1 heterocycles. The van der Waals surface area contributed by atoms with E-state index >= 15 is 0 Å². The number of carbonyl (C=O) groups is 2. The van der Waals surface area contributed by atoms with Gasteiger partial charge in [-0.1, -0.05) is 29.5 Å². The Labute approximate surface area is 176 Å². The fourth-order valence-corrected chi connectivity index (χ4v) is 3.80. The molecule has 1 atom stereocenters. The van der Waals surface area contributed by atoms with Gasteiger partial charge >= 0.3 is 5.97 Å². The number of aromatic nitrogens is 2. The number of thioether (sulfide) groups is 1. The van der Waals surface area contributed by atoms with Crippen LogP contribution in [0.4, 0.5) is 5.69 Å². The Morgan fingerprint density at radius 1 is 1.10 bits per heavy atom. The minimum Gasteiger partial charge on any atom is -0.497 e. The van der Waals surface area contributed by atoms with Gasteiger partial charge in [0.2, 0.25) is 5.01 Å². The van der Waals surface area contributed by atoms with Gasteiger partial charge in [-0.2, -0.15) is 0 Å². The third-order valence-electron chi connectivity index (χ3n) is 3.73. The van der Waals surface area contributed by atoms with Crippen LogP contribution in [0.5, 0.6) is 5.75 Å². The summed E-state index contributed by atoms with van der Waals surface area (Å²) >= 11 is 2.50. The van der Waals surface area contributed by atoms with Gasteiger partial charge in [-0.25, -0.2) is 0 Å². The average molecular weight is 430 g/mol. The molecule has 1 amide bonds. The second kappa shape index (κ2) is 10.0. The van der Waals surface area contributed by atoms with Gasteiger partial charge < -0.3 is 14.8 Å². The minimum atomic E-state index is -0.377. The number of amides is 1. The predicted molar refractivity (Wildman–Crippen MR) is 112 cm³/mol. The molecule has 1 unspecified atom stereocenters. The molecule has 9 heteroatoms. The lowest BCUT2D eigenvalue weighted by atomic mass is 10.3. The van der Waals surface area contributed by atoms with E-state index in [2.05, 4.69) is 15.5 Å². The van der Waals surface area contributed by atoms with Gasteiger partial charge in [-0.15, -0.1) is 22.0 Å². The van der Waals surface area contributed by atoms with Crippen molar-refractivity contribution in [3.63, 3.8) is 0 Å². The first-order valence-corrected chi connectivity index (χ1v) is 10.4. The molecular weight excluding hydrogens is 410 g/mol. The Hall–Kier alpha value is -2.91. The Balaban J connectivity index is 1.50. The third-order valence-corrected chi connectivity index (χ3v) is 5.72. The van der Waals surface area contributed by atoms with Gasteiger partial charge in [0, 0.05) is 10.6 Å². The molecule has 150 valence electrons. The van der Waals surface area contributed by atoms with E-state index in [1.165, 1.54) is 11.8 Å². The van der Waals surface area contributed by atoms with Crippen molar-refractivity contribution in [3.8, 4) is 5.75 Å². The quantitative estimate of drug-likeness (QED) is 0.427. The maximum Gasteiger partial charge on any atom is 0.319 e. The van der Waals surface area contributed by atoms with Gasteiger partial charge in [0.05, 0.1) is 7.11 Å². The second-order valence-corrected chi connectivity index (χ2v) is 8.34. The van der Waals surface area contributed by atoms with E-state index in [1.807, 2.05) is 30.3 Å². The molecule has 0 fully saturated rings. The second-order valence-electron chi connectivity index (χ2n) is 5.86. The zero-order chi connectivity index (χ0) is 20.6. The summed E-state index contributed by atoms with van der Waals surface area (Å²) in [5, 5.41) is 10.8. The number of rotatable bonds is 8. The number of hydrogen-bond donors (Lipinski definition) is 1. The number of nitrogens with one attached hydrogen (secondary N) is 1. The molecule has 2 aromatic carbocycles. The number of methoxy groups -OCH3 is 1. The van der Waals surface area contributed by atoms with E-state index in [0.717, 1.165) is 16.2 Å². The minimum absolute atomic E-state index is 0.0218. The molecule has 0 aliphatic carbocycles. The molecule has 0 saturated heterocycles. The van der Waals surface area contributed by atoms with Crippen LogP contribution in [-0.4, -0.2) is 34.4 Å². The highest BCUT2D eigenvalue weighted by Crippen LogP contribution is 2.24. The van der Waals surface area contributed by atoms with Crippen molar-refractivity contribution in [2.24, 2.45) is 0 Å². The summed E-state index contributed by atoms with van der Waals surface area (Å²) in [5.41, 5.74) is 0.616. The number of hydrogen-bond acceptors (Lipinski definition) is 8. The highest BCUT2D eigenvalue weighted by Gasteiger charge is 2.18. The molecule has 0 aliphatic heterocycles. The van der Waals surface area contributed by atoms with Crippen molar-refractivity contribution >= 4 is 40.7 Å². The maximum absolute atomic E-state index is 12.3. The van der Waals surface area contributed by atoms with Gasteiger partial charge in [0.1, 0.15) is 17.6 Å². The third kappa shape index (κ3) is 6.03. The molecule has 1 aromatic heterocycles. The highest BCUT2D eigenvalue weighted by atomic mass is 32.2. The predicted octanol–water partition coefficient (Wildman–Crippen LogP) is 4.02. The van der Waals surface area contributed by atoms with Crippen molar-refractivity contribution < 1.29 is 19.1 Å². The van der Waals surface area contributed by atoms with Crippen LogP contribution in [0.15, 0.2) is 59.5 Å². The summed E-state index contributed by atoms with van der Waals surface area (Å²) in [6.07, 6.45) is 0. The monoisotopic (exact) mass is 429 g/mol. The zero-order valence-electron chi connectivity index (χ0n) is 15.8. The Bertz CT molecular complexity index is 961. The molecule has 3 rings (SSSR count). The molecule has 3 aromatic rings. The number of benzene rings is 2. The van der Waals surface area contributed by atoms with Crippen molar-refractivity contribution in [1.82, 2.24) is 10.2 Å². The summed E-state index contributed by atoms with van der Waals surface area (Å²) < 4.78 is 10.4. The van der Waals surface area contributed by atoms with Crippen LogP contribution >= 0.6 is 23.1 Å². The summed E-state index contributed by atoms with van der Waals surface area (Å²) in [7, 11) is 1.57. The van der Waals surface area contributed by atoms with Crippen molar-refractivity contribution in [3.05, 3.63) is 64.6 Å². The van der Waals surface area contributed by atoms with E-state index in [9.17, 15) is 9.59 Å². The Morgan fingerprint density at radius 2 is 1.83 bits per heavy atom. The van der Waals surface area contributed by atoms with Gasteiger partial charge in [0.25, 0.3) is 5.91 Å². The highest BCUT2D eigenvalue weighted by molar-refractivity contribution is 8.00. The van der Waals surface area contributed by atoms with Crippen LogP contribution in [0, 0.1) is 0 Å². The van der Waals surface area contributed by atoms with Crippen LogP contribution in [0.3, 0.4) is 0 Å². The van der Waals surface area contributed by atoms with E-state index in [4.69, 9.17) is 9.47 Å². The standard InChI is InChI=1S/C20H19N3O4S2/c1-13(28-16-6-4-3-5-7-16)20(25)27-12-17-22-23-19(29-17)18(24)21-14-8-10-15(26-2)11-9-14/h3-11,13H,12H2,1-2H3,(H,21,24). The topological polar surface area (TPSA) is 90.4 Å². The number of nitrogens with zero attached hydrogens (tertiary/aromatic N) is 2. The molecule has 0 radical (unpaired) electrons. The van der Waals surface area contributed by atoms with Crippen LogP contribution in [0.2, 0.25) is 0 Å². The smallest absolute Gasteiger partial charge is 0.319 e. The first-order valence-electron chi connectivity index (χ1n) is 8.71. The lowest BCUT2D eigenvalue weighted by Gasteiger charge is -2.10. The molecule has 7 nitrogen and oxygen atoms in total. The number of esters is 1. The van der Waals surface area contributed by atoms with Gasteiger partial charge in [0.15, 0.2) is 5.01 Å². The zero-order valence-corrected chi connectivity index (χ0v) is 17.5. The van der Waals surface area contributed by atoms with Crippen molar-refractivity contribution in [2.75, 3.05) is 12.4 Å². The number of carbonyl (C=O) groups excluding carboxylic acids is 2. The van der Waals surface area contributed by atoms with Crippen LogP contribution < -0.4 is 10.1 Å². The Kier molecular flexibility index (Phi) is 7.20. The van der Waals surface area contributed by atoms with Crippen LogP contribution in [0.1, 0.15) is 21.7 Å².